The average Bonchev–Trinajstić information content (AvgIpc) is 3.33. The molecule has 0 N–H and O–H groups in total. The van der Waals surface area contributed by atoms with E-state index in [1.807, 2.05) is 6.07 Å². The predicted molar refractivity (Wildman–Crippen MR) is 143 cm³/mol. The van der Waals surface area contributed by atoms with Gasteiger partial charge < -0.3 is 13.9 Å². The lowest BCUT2D eigenvalue weighted by molar-refractivity contribution is -0.102. The van der Waals surface area contributed by atoms with Crippen LogP contribution in [0.1, 0.15) is 54.4 Å². The van der Waals surface area contributed by atoms with Crippen LogP contribution in [-0.2, 0) is 23.7 Å². The second kappa shape index (κ2) is 13.6. The van der Waals surface area contributed by atoms with Crippen molar-refractivity contribution >= 4 is 18.2 Å². The molecule has 2 aromatic rings. The monoisotopic (exact) mass is 538 g/mol. The molecular formula is C25H42N4O5SSi. The fraction of sp³-hybridized carbons (Fsp3) is 0.640. The molecule has 2 atom stereocenters. The predicted octanol–water partition coefficient (Wildman–Crippen LogP) is 4.95. The van der Waals surface area contributed by atoms with E-state index in [9.17, 15) is 8.42 Å². The molecule has 9 nitrogen and oxygen atoms in total. The van der Waals surface area contributed by atoms with Gasteiger partial charge in [0.25, 0.3) is 5.16 Å². The minimum Gasteiger partial charge on any atom is -0.407 e. The molecule has 202 valence electrons. The molecule has 0 bridgehead atoms. The van der Waals surface area contributed by atoms with Crippen molar-refractivity contribution in [1.29, 1.82) is 0 Å². The molecule has 0 spiro atoms. The average molecular weight is 539 g/mol. The summed E-state index contributed by atoms with van der Waals surface area (Å²) in [4.78, 5) is 0. The number of nitrogens with zero attached hydrogens (tertiary/aromatic N) is 4. The Morgan fingerprint density at radius 1 is 1.06 bits per heavy atom. The Morgan fingerprint density at radius 3 is 2.19 bits per heavy atom. The maximum atomic E-state index is 13.1. The Kier molecular flexibility index (Phi) is 11.4. The number of tetrazole rings is 1. The molecule has 1 aromatic carbocycles. The first-order valence-electron chi connectivity index (χ1n) is 12.5. The van der Waals surface area contributed by atoms with Gasteiger partial charge in [-0.05, 0) is 52.0 Å². The lowest BCUT2D eigenvalue weighted by atomic mass is 10.1. The summed E-state index contributed by atoms with van der Waals surface area (Å²) in [5.74, 6) is -0.127. The summed E-state index contributed by atoms with van der Waals surface area (Å²) in [6, 6.07) is 8.95. The van der Waals surface area contributed by atoms with Crippen molar-refractivity contribution < 1.29 is 22.3 Å². The van der Waals surface area contributed by atoms with Crippen LogP contribution in [-0.4, -0.2) is 68.8 Å². The van der Waals surface area contributed by atoms with Crippen molar-refractivity contribution in [1.82, 2.24) is 20.2 Å². The number of methoxy groups -OCH3 is 1. The van der Waals surface area contributed by atoms with Crippen molar-refractivity contribution in [3.05, 3.63) is 43.0 Å². The molecule has 0 fully saturated rings. The van der Waals surface area contributed by atoms with E-state index in [4.69, 9.17) is 13.9 Å². The summed E-state index contributed by atoms with van der Waals surface area (Å²) >= 11 is 0. The third-order valence-corrected chi connectivity index (χ3v) is 14.4. The lowest BCUT2D eigenvalue weighted by Gasteiger charge is -2.45. The van der Waals surface area contributed by atoms with Crippen LogP contribution in [0.3, 0.4) is 0 Å². The lowest BCUT2D eigenvalue weighted by Crippen LogP contribution is -2.52. The van der Waals surface area contributed by atoms with Gasteiger partial charge in [-0.15, -0.1) is 6.58 Å². The van der Waals surface area contributed by atoms with Crippen LogP contribution < -0.4 is 0 Å². The van der Waals surface area contributed by atoms with Gasteiger partial charge in [0, 0.05) is 7.11 Å². The van der Waals surface area contributed by atoms with Crippen LogP contribution in [0.5, 0.6) is 0 Å². The van der Waals surface area contributed by atoms with E-state index in [-0.39, 0.29) is 23.8 Å². The van der Waals surface area contributed by atoms with E-state index in [1.54, 1.807) is 37.5 Å². The van der Waals surface area contributed by atoms with Gasteiger partial charge in [0.2, 0.25) is 18.2 Å². The van der Waals surface area contributed by atoms with E-state index >= 15 is 0 Å². The number of sulfone groups is 1. The minimum atomic E-state index is -3.74. The highest BCUT2D eigenvalue weighted by molar-refractivity contribution is 7.91. The van der Waals surface area contributed by atoms with Gasteiger partial charge in [0.05, 0.1) is 23.6 Å². The smallest absolute Gasteiger partial charge is 0.272 e. The van der Waals surface area contributed by atoms with Crippen LogP contribution in [0, 0.1) is 0 Å². The van der Waals surface area contributed by atoms with Crippen LogP contribution in [0.4, 0.5) is 0 Å². The minimum absolute atomic E-state index is 0.0803. The number of hydrogen-bond donors (Lipinski definition) is 0. The van der Waals surface area contributed by atoms with Crippen LogP contribution in [0.2, 0.25) is 16.6 Å². The summed E-state index contributed by atoms with van der Waals surface area (Å²) in [7, 11) is -4.40. The quantitative estimate of drug-likeness (QED) is 0.168. The normalized spacial score (nSPS) is 14.5. The zero-order valence-corrected chi connectivity index (χ0v) is 24.4. The third kappa shape index (κ3) is 7.10. The molecule has 1 heterocycles. The topological polar surface area (TPSA) is 105 Å². The number of para-hydroxylation sites is 1. The molecule has 0 aliphatic heterocycles. The molecule has 1 aromatic heterocycles. The maximum Gasteiger partial charge on any atom is 0.272 e. The first-order valence-corrected chi connectivity index (χ1v) is 16.3. The summed E-state index contributed by atoms with van der Waals surface area (Å²) < 4.78 is 45.6. The highest BCUT2D eigenvalue weighted by Gasteiger charge is 2.47. The van der Waals surface area contributed by atoms with Gasteiger partial charge in [0.15, 0.2) is 0 Å². The molecule has 0 saturated carbocycles. The van der Waals surface area contributed by atoms with E-state index < -0.39 is 24.3 Å². The van der Waals surface area contributed by atoms with Crippen molar-refractivity contribution in [2.45, 2.75) is 88.4 Å². The second-order valence-corrected chi connectivity index (χ2v) is 17.3. The molecular weight excluding hydrogens is 496 g/mol. The Balaban J connectivity index is 2.20. The highest BCUT2D eigenvalue weighted by atomic mass is 32.2. The largest absolute Gasteiger partial charge is 0.407 e. The van der Waals surface area contributed by atoms with E-state index in [0.717, 1.165) is 0 Å². The second-order valence-electron chi connectivity index (χ2n) is 9.92. The molecule has 0 saturated heterocycles. The Labute approximate surface area is 217 Å². The van der Waals surface area contributed by atoms with Crippen molar-refractivity contribution in [3.8, 4) is 5.69 Å². The number of ether oxygens (including phenoxy) is 2. The molecule has 2 rings (SSSR count). The summed E-state index contributed by atoms with van der Waals surface area (Å²) in [5.41, 5.74) is 1.75. The van der Waals surface area contributed by atoms with Crippen molar-refractivity contribution in [2.75, 3.05) is 19.7 Å². The number of rotatable bonds is 16. The molecule has 0 unspecified atom stereocenters. The van der Waals surface area contributed by atoms with E-state index in [2.05, 4.69) is 63.6 Å². The third-order valence-electron chi connectivity index (χ3n) is 6.67. The molecule has 36 heavy (non-hydrogen) atoms. The van der Waals surface area contributed by atoms with Gasteiger partial charge >= 0.3 is 0 Å². The fourth-order valence-corrected chi connectivity index (χ4v) is 11.9. The Hall–Kier alpha value is -1.92. The summed E-state index contributed by atoms with van der Waals surface area (Å²) in [5, 5.41) is 11.1. The van der Waals surface area contributed by atoms with Gasteiger partial charge in [0.1, 0.15) is 6.79 Å². The maximum absolute atomic E-state index is 13.1. The van der Waals surface area contributed by atoms with Crippen LogP contribution >= 0.6 is 0 Å². The standard InChI is InChI=1S/C25H42N4O5SSi/c1-9-23(34-36(19(2)3,20(4)5)21(6)7)24(33-18-32-8)16-13-17-35(30,31)25-26-27-28-29(25)22-14-11-10-12-15-22/h9-12,14-15,19-21,23-24H,1,13,16-18H2,2-8H3/t23-,24-/m0/s1. The zero-order chi connectivity index (χ0) is 26.9. The number of aromatic nitrogens is 4. The Bertz CT molecular complexity index is 1020. The first kappa shape index (κ1) is 30.3. The molecule has 11 heteroatoms. The fourth-order valence-electron chi connectivity index (χ4n) is 5.09. The van der Waals surface area contributed by atoms with Crippen LogP contribution in [0.25, 0.3) is 5.69 Å². The zero-order valence-electron chi connectivity index (χ0n) is 22.6. The number of hydrogen-bond acceptors (Lipinski definition) is 8. The van der Waals surface area contributed by atoms with Gasteiger partial charge in [-0.1, -0.05) is 70.9 Å². The van der Waals surface area contributed by atoms with Gasteiger partial charge in [-0.25, -0.2) is 8.42 Å². The molecule has 0 radical (unpaired) electrons. The summed E-state index contributed by atoms with van der Waals surface area (Å²) in [6.45, 7) is 17.4. The van der Waals surface area contributed by atoms with E-state index in [1.165, 1.54) is 4.68 Å². The molecule has 0 aliphatic rings. The van der Waals surface area contributed by atoms with Gasteiger partial charge in [-0.2, -0.15) is 4.68 Å². The van der Waals surface area contributed by atoms with Crippen LogP contribution in [0.15, 0.2) is 48.1 Å². The molecule has 0 aliphatic carbocycles. The molecule has 0 amide bonds. The SMILES string of the molecule is C=C[C@H](O[Si](C(C)C)(C(C)C)C(C)C)[C@H](CCCS(=O)(=O)c1nnnn1-c1ccccc1)OCOC. The highest BCUT2D eigenvalue weighted by Crippen LogP contribution is 2.43. The Morgan fingerprint density at radius 2 is 1.67 bits per heavy atom. The first-order chi connectivity index (χ1) is 17.0. The van der Waals surface area contributed by atoms with Gasteiger partial charge in [-0.3, -0.25) is 0 Å². The van der Waals surface area contributed by atoms with E-state index in [0.29, 0.717) is 35.2 Å². The van der Waals surface area contributed by atoms with Crippen molar-refractivity contribution in [2.24, 2.45) is 0 Å². The number of benzene rings is 1. The van der Waals surface area contributed by atoms with Crippen molar-refractivity contribution in [3.63, 3.8) is 0 Å². The summed E-state index contributed by atoms with van der Waals surface area (Å²) in [6.07, 6.45) is 1.79.